The van der Waals surface area contributed by atoms with E-state index in [2.05, 4.69) is 46.8 Å². The van der Waals surface area contributed by atoms with E-state index in [4.69, 9.17) is 0 Å². The summed E-state index contributed by atoms with van der Waals surface area (Å²) in [5.74, 6) is 1.70. The van der Waals surface area contributed by atoms with E-state index in [-0.39, 0.29) is 0 Å². The lowest BCUT2D eigenvalue weighted by atomic mass is 9.67. The highest BCUT2D eigenvalue weighted by molar-refractivity contribution is 5.29. The van der Waals surface area contributed by atoms with E-state index < -0.39 is 0 Å². The zero-order chi connectivity index (χ0) is 20.8. The highest BCUT2D eigenvalue weighted by atomic mass is 16.3. The molecule has 0 heterocycles. The molecule has 2 atom stereocenters. The molecule has 1 aromatic rings. The van der Waals surface area contributed by atoms with Gasteiger partial charge in [-0.25, -0.2) is 0 Å². The van der Waals surface area contributed by atoms with E-state index in [9.17, 15) is 5.11 Å². The van der Waals surface area contributed by atoms with Gasteiger partial charge in [0.1, 0.15) is 5.75 Å². The predicted molar refractivity (Wildman–Crippen MR) is 125 cm³/mol. The van der Waals surface area contributed by atoms with E-state index in [1.165, 1.54) is 89.0 Å². The number of rotatable bonds is 15. The highest BCUT2D eigenvalue weighted by Gasteiger charge is 2.32. The number of hydrogen-bond donors (Lipinski definition) is 1. The number of phenolic OH excluding ortho intramolecular Hbond substituents is 1. The van der Waals surface area contributed by atoms with Crippen molar-refractivity contribution in [2.45, 2.75) is 124 Å². The second-order valence-electron chi connectivity index (χ2n) is 9.93. The van der Waals surface area contributed by atoms with E-state index in [0.717, 1.165) is 0 Å². The van der Waals surface area contributed by atoms with Crippen LogP contribution in [0.2, 0.25) is 0 Å². The molecule has 0 saturated carbocycles. The summed E-state index contributed by atoms with van der Waals surface area (Å²) >= 11 is 0. The normalized spacial score (nSPS) is 14.2. The van der Waals surface area contributed by atoms with Crippen LogP contribution < -0.4 is 0 Å². The Labute approximate surface area is 176 Å². The summed E-state index contributed by atoms with van der Waals surface area (Å²) in [4.78, 5) is 0. The van der Waals surface area contributed by atoms with Gasteiger partial charge < -0.3 is 5.11 Å². The largest absolute Gasteiger partial charge is 0.508 e. The third-order valence-corrected chi connectivity index (χ3v) is 6.41. The SMILES string of the molecule is CCCCCCCCC(c1ccc(O)cc1)C(CCCCCCC)C(C)(C)C. The molecule has 1 nitrogen and oxygen atoms in total. The second kappa shape index (κ2) is 14.1. The Bertz CT molecular complexity index is 482. The van der Waals surface area contributed by atoms with Gasteiger partial charge in [0.15, 0.2) is 0 Å². The zero-order valence-electron chi connectivity index (χ0n) is 19.6. The number of hydrogen-bond acceptors (Lipinski definition) is 1. The van der Waals surface area contributed by atoms with Gasteiger partial charge in [-0.2, -0.15) is 0 Å². The van der Waals surface area contributed by atoms with E-state index in [1.54, 1.807) is 0 Å². The first-order valence-electron chi connectivity index (χ1n) is 12.2. The van der Waals surface area contributed by atoms with E-state index >= 15 is 0 Å². The molecular weight excluding hydrogens is 340 g/mol. The Hall–Kier alpha value is -0.980. The molecule has 1 aromatic carbocycles. The first-order valence-corrected chi connectivity index (χ1v) is 12.2. The van der Waals surface area contributed by atoms with Gasteiger partial charge in [0.25, 0.3) is 0 Å². The molecule has 0 radical (unpaired) electrons. The van der Waals surface area contributed by atoms with Crippen molar-refractivity contribution < 1.29 is 5.11 Å². The summed E-state index contributed by atoms with van der Waals surface area (Å²) in [7, 11) is 0. The molecule has 1 N–H and O–H groups in total. The predicted octanol–water partition coefficient (Wildman–Crippen LogP) is 9.25. The van der Waals surface area contributed by atoms with Crippen LogP contribution in [0.15, 0.2) is 24.3 Å². The number of benzene rings is 1. The van der Waals surface area contributed by atoms with Crippen LogP contribution in [0, 0.1) is 11.3 Å². The van der Waals surface area contributed by atoms with Crippen molar-refractivity contribution in [3.05, 3.63) is 29.8 Å². The number of unbranched alkanes of at least 4 members (excludes halogenated alkanes) is 9. The molecular formula is C27H48O. The fourth-order valence-corrected chi connectivity index (χ4v) is 4.67. The fourth-order valence-electron chi connectivity index (χ4n) is 4.67. The minimum atomic E-state index is 0.315. The van der Waals surface area contributed by atoms with Crippen LogP contribution >= 0.6 is 0 Å². The van der Waals surface area contributed by atoms with Crippen LogP contribution in [-0.2, 0) is 0 Å². The van der Waals surface area contributed by atoms with Gasteiger partial charge in [-0.1, -0.05) is 117 Å². The summed E-state index contributed by atoms with van der Waals surface area (Å²) < 4.78 is 0. The lowest BCUT2D eigenvalue weighted by Crippen LogP contribution is -2.27. The monoisotopic (exact) mass is 388 g/mol. The molecule has 0 bridgehead atoms. The van der Waals surface area contributed by atoms with Crippen LogP contribution in [-0.4, -0.2) is 5.11 Å². The van der Waals surface area contributed by atoms with Crippen LogP contribution in [0.3, 0.4) is 0 Å². The summed E-state index contributed by atoms with van der Waals surface area (Å²) in [6, 6.07) is 8.11. The van der Waals surface area contributed by atoms with Gasteiger partial charge in [0.05, 0.1) is 0 Å². The molecule has 1 heteroatoms. The second-order valence-corrected chi connectivity index (χ2v) is 9.93. The molecule has 0 aliphatic carbocycles. The van der Waals surface area contributed by atoms with Crippen molar-refractivity contribution >= 4 is 0 Å². The Morgan fingerprint density at radius 2 is 1.14 bits per heavy atom. The van der Waals surface area contributed by atoms with Gasteiger partial charge in [0.2, 0.25) is 0 Å². The summed E-state index contributed by atoms with van der Waals surface area (Å²) in [5, 5.41) is 9.76. The van der Waals surface area contributed by atoms with Crippen molar-refractivity contribution in [2.24, 2.45) is 11.3 Å². The van der Waals surface area contributed by atoms with Crippen molar-refractivity contribution in [1.82, 2.24) is 0 Å². The van der Waals surface area contributed by atoms with Gasteiger partial charge in [-0.3, -0.25) is 0 Å². The van der Waals surface area contributed by atoms with Crippen LogP contribution in [0.25, 0.3) is 0 Å². The molecule has 0 amide bonds. The first kappa shape index (κ1) is 25.1. The molecule has 1 rings (SSSR count). The summed E-state index contributed by atoms with van der Waals surface area (Å²) in [6.07, 6.45) is 17.6. The minimum Gasteiger partial charge on any atom is -0.508 e. The Kier molecular flexibility index (Phi) is 12.6. The molecule has 2 unspecified atom stereocenters. The Balaban J connectivity index is 2.79. The Morgan fingerprint density at radius 3 is 1.64 bits per heavy atom. The smallest absolute Gasteiger partial charge is 0.115 e. The topological polar surface area (TPSA) is 20.2 Å². The van der Waals surface area contributed by atoms with Gasteiger partial charge in [-0.05, 0) is 47.8 Å². The molecule has 0 aliphatic heterocycles. The highest BCUT2D eigenvalue weighted by Crippen LogP contribution is 2.44. The lowest BCUT2D eigenvalue weighted by molar-refractivity contribution is 0.173. The fraction of sp³-hybridized carbons (Fsp3) is 0.778. The Morgan fingerprint density at radius 1 is 0.679 bits per heavy atom. The molecule has 162 valence electrons. The van der Waals surface area contributed by atoms with E-state index in [0.29, 0.717) is 23.0 Å². The third-order valence-electron chi connectivity index (χ3n) is 6.41. The average molecular weight is 389 g/mol. The maximum atomic E-state index is 9.76. The lowest BCUT2D eigenvalue weighted by Gasteiger charge is -2.38. The average Bonchev–Trinajstić information content (AvgIpc) is 2.65. The van der Waals surface area contributed by atoms with Crippen molar-refractivity contribution in [3.63, 3.8) is 0 Å². The maximum absolute atomic E-state index is 9.76. The van der Waals surface area contributed by atoms with Gasteiger partial charge >= 0.3 is 0 Å². The first-order chi connectivity index (χ1) is 13.4. The van der Waals surface area contributed by atoms with Crippen LogP contribution in [0.5, 0.6) is 5.75 Å². The molecule has 0 saturated heterocycles. The van der Waals surface area contributed by atoms with Crippen molar-refractivity contribution in [3.8, 4) is 5.75 Å². The molecule has 0 spiro atoms. The third kappa shape index (κ3) is 9.99. The number of phenols is 1. The van der Waals surface area contributed by atoms with E-state index in [1.807, 2.05) is 12.1 Å². The molecule has 28 heavy (non-hydrogen) atoms. The quantitative estimate of drug-likeness (QED) is 0.297. The summed E-state index contributed by atoms with van der Waals surface area (Å²) in [5.41, 5.74) is 1.75. The van der Waals surface area contributed by atoms with Gasteiger partial charge in [0, 0.05) is 0 Å². The van der Waals surface area contributed by atoms with Crippen molar-refractivity contribution in [1.29, 1.82) is 0 Å². The minimum absolute atomic E-state index is 0.315. The molecule has 0 aromatic heterocycles. The number of aromatic hydroxyl groups is 1. The molecule has 0 aliphatic rings. The molecule has 0 fully saturated rings. The van der Waals surface area contributed by atoms with Crippen molar-refractivity contribution in [2.75, 3.05) is 0 Å². The maximum Gasteiger partial charge on any atom is 0.115 e. The van der Waals surface area contributed by atoms with Gasteiger partial charge in [-0.15, -0.1) is 0 Å². The standard InChI is InChI=1S/C27H48O/c1-6-8-10-12-14-15-17-25(23-19-21-24(28)22-20-23)26(27(3,4)5)18-16-13-11-9-7-2/h19-22,25-26,28H,6-18H2,1-5H3. The van der Waals surface area contributed by atoms with Crippen LogP contribution in [0.4, 0.5) is 0 Å². The van der Waals surface area contributed by atoms with Crippen LogP contribution in [0.1, 0.15) is 130 Å². The summed E-state index contributed by atoms with van der Waals surface area (Å²) in [6.45, 7) is 11.9. The zero-order valence-corrected chi connectivity index (χ0v) is 19.6.